The lowest BCUT2D eigenvalue weighted by Crippen LogP contribution is -2.56. The predicted octanol–water partition coefficient (Wildman–Crippen LogP) is 1.18. The van der Waals surface area contributed by atoms with Gasteiger partial charge < -0.3 is 20.5 Å². The fraction of sp³-hybridized carbons (Fsp3) is 0.533. The molecular weight excluding hydrogens is 311 g/mol. The van der Waals surface area contributed by atoms with Crippen molar-refractivity contribution in [1.82, 2.24) is 10.6 Å². The number of hydrogen-bond donors (Lipinski definition) is 3. The maximum Gasteiger partial charge on any atom is 0.251 e. The van der Waals surface area contributed by atoms with Crippen LogP contribution in [-0.4, -0.2) is 42.9 Å². The number of ether oxygens (including phenoxy) is 1. The van der Waals surface area contributed by atoms with Crippen LogP contribution < -0.4 is 10.6 Å². The van der Waals surface area contributed by atoms with Crippen molar-refractivity contribution in [3.8, 4) is 0 Å². The Hall–Kier alpha value is -1.21. The average molecular weight is 331 g/mol. The lowest BCUT2D eigenvalue weighted by atomic mass is 9.93. The quantitative estimate of drug-likeness (QED) is 0.775. The summed E-state index contributed by atoms with van der Waals surface area (Å²) in [6, 6.07) is 3.89. The number of rotatable bonds is 4. The molecule has 0 bridgehead atoms. The number of halogens is 2. The van der Waals surface area contributed by atoms with Crippen LogP contribution in [0.1, 0.15) is 19.4 Å². The van der Waals surface area contributed by atoms with Gasteiger partial charge in [-0.15, -0.1) is 0 Å². The van der Waals surface area contributed by atoms with E-state index in [4.69, 9.17) is 21.4 Å². The molecule has 1 aromatic carbocycles. The van der Waals surface area contributed by atoms with E-state index in [1.807, 2.05) is 0 Å². The summed E-state index contributed by atoms with van der Waals surface area (Å²) in [5.41, 5.74) is -0.340. The molecule has 0 aromatic heterocycles. The summed E-state index contributed by atoms with van der Waals surface area (Å²) in [5.74, 6) is -0.725. The van der Waals surface area contributed by atoms with E-state index in [-0.39, 0.29) is 25.2 Å². The van der Waals surface area contributed by atoms with Crippen LogP contribution in [-0.2, 0) is 15.1 Å². The molecule has 2 atom stereocenters. The van der Waals surface area contributed by atoms with Crippen LogP contribution in [0.4, 0.5) is 4.39 Å². The zero-order valence-electron chi connectivity index (χ0n) is 12.5. The van der Waals surface area contributed by atoms with E-state index in [1.165, 1.54) is 18.2 Å². The minimum absolute atomic E-state index is 0.0429. The molecule has 1 fully saturated rings. The van der Waals surface area contributed by atoms with Gasteiger partial charge in [-0.05, 0) is 37.6 Å². The number of carbonyl (C=O) groups is 1. The number of hydrogen-bond acceptors (Lipinski definition) is 4. The second kappa shape index (κ2) is 6.91. The molecular formula is C15H20ClFN2O3. The Morgan fingerprint density at radius 2 is 2.32 bits per heavy atom. The molecule has 3 N–H and O–H groups in total. The Morgan fingerprint density at radius 1 is 1.59 bits per heavy atom. The van der Waals surface area contributed by atoms with Gasteiger partial charge in [0.2, 0.25) is 0 Å². The van der Waals surface area contributed by atoms with Crippen molar-refractivity contribution in [3.05, 3.63) is 34.6 Å². The van der Waals surface area contributed by atoms with E-state index in [0.717, 1.165) is 0 Å². The number of nitrogens with one attached hydrogen (secondary N) is 2. The Labute approximate surface area is 133 Å². The van der Waals surface area contributed by atoms with Crippen molar-refractivity contribution in [2.24, 2.45) is 0 Å². The van der Waals surface area contributed by atoms with Gasteiger partial charge in [-0.25, -0.2) is 4.39 Å². The van der Waals surface area contributed by atoms with Crippen LogP contribution >= 0.6 is 11.6 Å². The third-order valence-corrected chi connectivity index (χ3v) is 3.97. The first kappa shape index (κ1) is 17.1. The molecule has 1 heterocycles. The van der Waals surface area contributed by atoms with Crippen LogP contribution in [0.15, 0.2) is 18.2 Å². The Kier molecular flexibility index (Phi) is 5.39. The first-order chi connectivity index (χ1) is 10.3. The zero-order chi connectivity index (χ0) is 16.3. The van der Waals surface area contributed by atoms with Crippen molar-refractivity contribution in [2.75, 3.05) is 19.8 Å². The molecule has 0 saturated carbocycles. The predicted molar refractivity (Wildman–Crippen MR) is 81.2 cm³/mol. The molecule has 0 spiro atoms. The summed E-state index contributed by atoms with van der Waals surface area (Å²) in [6.07, 6.45) is -0.658. The van der Waals surface area contributed by atoms with Crippen molar-refractivity contribution >= 4 is 17.5 Å². The maximum absolute atomic E-state index is 13.4. The summed E-state index contributed by atoms with van der Waals surface area (Å²) in [6.45, 7) is 4.02. The molecule has 22 heavy (non-hydrogen) atoms. The highest BCUT2D eigenvalue weighted by molar-refractivity contribution is 6.31. The largest absolute Gasteiger partial charge is 0.395 e. The number of carbonyl (C=O) groups excluding carboxylic acids is 1. The molecule has 1 amide bonds. The van der Waals surface area contributed by atoms with Gasteiger partial charge in [-0.2, -0.15) is 0 Å². The normalized spacial score (nSPS) is 22.4. The van der Waals surface area contributed by atoms with Crippen LogP contribution in [0.5, 0.6) is 0 Å². The van der Waals surface area contributed by atoms with Crippen molar-refractivity contribution in [3.63, 3.8) is 0 Å². The summed E-state index contributed by atoms with van der Waals surface area (Å²) in [7, 11) is 0. The van der Waals surface area contributed by atoms with Crippen LogP contribution in [0.3, 0.4) is 0 Å². The average Bonchev–Trinajstić information content (AvgIpc) is 2.49. The SMILES string of the molecule is CC(C)(NC(=O)C1CN[C@H](CO)CO1)c1cc(F)ccc1Cl. The molecule has 1 unspecified atom stereocenters. The Morgan fingerprint density at radius 3 is 2.91 bits per heavy atom. The number of amides is 1. The van der Waals surface area contributed by atoms with Crippen LogP contribution in [0, 0.1) is 5.82 Å². The lowest BCUT2D eigenvalue weighted by molar-refractivity contribution is -0.137. The molecule has 7 heteroatoms. The van der Waals surface area contributed by atoms with E-state index in [9.17, 15) is 9.18 Å². The van der Waals surface area contributed by atoms with Crippen molar-refractivity contribution < 1.29 is 19.0 Å². The van der Waals surface area contributed by atoms with Crippen LogP contribution in [0.25, 0.3) is 0 Å². The van der Waals surface area contributed by atoms with Gasteiger partial charge in [0, 0.05) is 11.6 Å². The smallest absolute Gasteiger partial charge is 0.251 e. The standard InChI is InChI=1S/C15H20ClFN2O3/c1-15(2,11-5-9(17)3-4-12(11)16)19-14(21)13-6-18-10(7-20)8-22-13/h3-5,10,13,18,20H,6-8H2,1-2H3,(H,19,21)/t10-,13?/m1/s1. The highest BCUT2D eigenvalue weighted by Crippen LogP contribution is 2.28. The number of benzene rings is 1. The monoisotopic (exact) mass is 330 g/mol. The second-order valence-corrected chi connectivity index (χ2v) is 6.26. The summed E-state index contributed by atoms with van der Waals surface area (Å²) >= 11 is 6.10. The molecule has 1 aliphatic heterocycles. The molecule has 122 valence electrons. The molecule has 1 saturated heterocycles. The highest BCUT2D eigenvalue weighted by Gasteiger charge is 2.32. The van der Waals surface area contributed by atoms with E-state index in [0.29, 0.717) is 17.1 Å². The minimum Gasteiger partial charge on any atom is -0.395 e. The van der Waals surface area contributed by atoms with Crippen molar-refractivity contribution in [2.45, 2.75) is 31.5 Å². The minimum atomic E-state index is -0.840. The number of morpholine rings is 1. The molecule has 1 aliphatic rings. The summed E-state index contributed by atoms with van der Waals surface area (Å²) < 4.78 is 18.9. The summed E-state index contributed by atoms with van der Waals surface area (Å²) in [5, 5.41) is 15.2. The fourth-order valence-electron chi connectivity index (χ4n) is 2.34. The van der Waals surface area contributed by atoms with Gasteiger partial charge >= 0.3 is 0 Å². The van der Waals surface area contributed by atoms with Crippen LogP contribution in [0.2, 0.25) is 5.02 Å². The van der Waals surface area contributed by atoms with Gasteiger partial charge in [0.15, 0.2) is 0 Å². The van der Waals surface area contributed by atoms with Gasteiger partial charge in [0.25, 0.3) is 5.91 Å². The molecule has 0 radical (unpaired) electrons. The zero-order valence-corrected chi connectivity index (χ0v) is 13.3. The first-order valence-electron chi connectivity index (χ1n) is 7.07. The Bertz CT molecular complexity index is 546. The highest BCUT2D eigenvalue weighted by atomic mass is 35.5. The third kappa shape index (κ3) is 3.95. The second-order valence-electron chi connectivity index (χ2n) is 5.85. The molecule has 0 aliphatic carbocycles. The topological polar surface area (TPSA) is 70.6 Å². The Balaban J connectivity index is 2.05. The fourth-order valence-corrected chi connectivity index (χ4v) is 2.70. The van der Waals surface area contributed by atoms with E-state index < -0.39 is 17.5 Å². The van der Waals surface area contributed by atoms with Gasteiger partial charge in [0.1, 0.15) is 11.9 Å². The summed E-state index contributed by atoms with van der Waals surface area (Å²) in [4.78, 5) is 12.3. The molecule has 1 aromatic rings. The first-order valence-corrected chi connectivity index (χ1v) is 7.44. The van der Waals surface area contributed by atoms with Crippen molar-refractivity contribution in [1.29, 1.82) is 0 Å². The molecule has 5 nitrogen and oxygen atoms in total. The number of aliphatic hydroxyl groups is 1. The third-order valence-electron chi connectivity index (χ3n) is 3.64. The van der Waals surface area contributed by atoms with E-state index in [2.05, 4.69) is 10.6 Å². The lowest BCUT2D eigenvalue weighted by Gasteiger charge is -2.33. The van der Waals surface area contributed by atoms with E-state index in [1.54, 1.807) is 13.8 Å². The van der Waals surface area contributed by atoms with Gasteiger partial charge in [-0.3, -0.25) is 4.79 Å². The van der Waals surface area contributed by atoms with E-state index >= 15 is 0 Å². The van der Waals surface area contributed by atoms with Gasteiger partial charge in [0.05, 0.1) is 24.8 Å². The van der Waals surface area contributed by atoms with Gasteiger partial charge in [-0.1, -0.05) is 11.6 Å². The maximum atomic E-state index is 13.4. The number of aliphatic hydroxyl groups excluding tert-OH is 1. The molecule has 2 rings (SSSR count).